The second-order valence-corrected chi connectivity index (χ2v) is 9.61. The van der Waals surface area contributed by atoms with Crippen molar-refractivity contribution in [2.45, 2.75) is 51.2 Å². The van der Waals surface area contributed by atoms with Gasteiger partial charge >= 0.3 is 0 Å². The van der Waals surface area contributed by atoms with Crippen molar-refractivity contribution in [3.8, 4) is 0 Å². The van der Waals surface area contributed by atoms with Crippen molar-refractivity contribution in [3.05, 3.63) is 46.4 Å². The first-order chi connectivity index (χ1) is 13.2. The monoisotopic (exact) mass is 417 g/mol. The van der Waals surface area contributed by atoms with Crippen molar-refractivity contribution in [1.29, 1.82) is 0 Å². The maximum atomic E-state index is 13.0. The van der Waals surface area contributed by atoms with Gasteiger partial charge in [0, 0.05) is 17.1 Å². The molecule has 3 rings (SSSR count). The highest BCUT2D eigenvalue weighted by atomic mass is 32.2. The van der Waals surface area contributed by atoms with Crippen LogP contribution in [0.4, 0.5) is 10.5 Å². The number of nitrogens with zero attached hydrogens (tertiary/aromatic N) is 5. The van der Waals surface area contributed by atoms with Crippen molar-refractivity contribution in [2.75, 3.05) is 10.7 Å². The van der Waals surface area contributed by atoms with Gasteiger partial charge in [-0.1, -0.05) is 50.7 Å². The molecular formula is C19H23N5O2S2. The highest BCUT2D eigenvalue weighted by Crippen LogP contribution is 2.28. The molecule has 0 N–H and O–H groups in total. The van der Waals surface area contributed by atoms with Crippen molar-refractivity contribution in [1.82, 2.24) is 14.9 Å². The number of anilines is 1. The van der Waals surface area contributed by atoms with Gasteiger partial charge in [0.25, 0.3) is 10.8 Å². The van der Waals surface area contributed by atoms with E-state index in [9.17, 15) is 9.59 Å². The molecule has 1 aliphatic heterocycles. The van der Waals surface area contributed by atoms with Crippen LogP contribution in [-0.4, -0.2) is 37.0 Å². The minimum absolute atomic E-state index is 0.00684. The molecule has 0 radical (unpaired) electrons. The number of aromatic nitrogens is 3. The minimum atomic E-state index is -0.436. The van der Waals surface area contributed by atoms with E-state index >= 15 is 0 Å². The molecule has 0 spiro atoms. The topological polar surface area (TPSA) is 80.5 Å². The lowest BCUT2D eigenvalue weighted by Crippen LogP contribution is -2.36. The minimum Gasteiger partial charge on any atom is -0.300 e. The zero-order valence-corrected chi connectivity index (χ0v) is 18.2. The number of amides is 1. The van der Waals surface area contributed by atoms with Gasteiger partial charge in [-0.3, -0.25) is 9.59 Å². The third-order valence-corrected chi connectivity index (χ3v) is 5.96. The maximum Gasteiger partial charge on any atom is 0.297 e. The average Bonchev–Trinajstić information content (AvgIpc) is 2.62. The summed E-state index contributed by atoms with van der Waals surface area (Å²) in [5, 5.41) is 13.5. The van der Waals surface area contributed by atoms with E-state index in [1.807, 2.05) is 65.0 Å². The quantitative estimate of drug-likeness (QED) is 0.735. The van der Waals surface area contributed by atoms with Gasteiger partial charge in [-0.15, -0.1) is 10.2 Å². The van der Waals surface area contributed by atoms with Crippen LogP contribution in [0.3, 0.4) is 0 Å². The number of rotatable bonds is 2. The van der Waals surface area contributed by atoms with Gasteiger partial charge < -0.3 is 4.90 Å². The predicted molar refractivity (Wildman–Crippen MR) is 116 cm³/mol. The Morgan fingerprint density at radius 3 is 2.50 bits per heavy atom. The standard InChI is InChI=1S/C19H23N5O2S2/c1-12(2)23(13-9-7-6-8-10-13)18(26)28-14-11-27-17-21-20-15(19(3,4)5)16(25)24(17)22-14/h6-10,12H,11H2,1-5H3. The Morgan fingerprint density at radius 2 is 1.89 bits per heavy atom. The Morgan fingerprint density at radius 1 is 1.21 bits per heavy atom. The zero-order chi connectivity index (χ0) is 20.5. The van der Waals surface area contributed by atoms with E-state index < -0.39 is 5.41 Å². The molecule has 0 fully saturated rings. The normalized spacial score (nSPS) is 13.9. The summed E-state index contributed by atoms with van der Waals surface area (Å²) in [5.74, 6) is 0.472. The molecule has 1 amide bonds. The molecule has 9 heteroatoms. The maximum absolute atomic E-state index is 13.0. The Bertz CT molecular complexity index is 965. The molecule has 1 aromatic carbocycles. The molecule has 148 valence electrons. The van der Waals surface area contributed by atoms with Crippen LogP contribution in [0.2, 0.25) is 0 Å². The Labute approximate surface area is 172 Å². The van der Waals surface area contributed by atoms with Gasteiger partial charge in [-0.25, -0.2) is 0 Å². The highest BCUT2D eigenvalue weighted by molar-refractivity contribution is 8.27. The smallest absolute Gasteiger partial charge is 0.297 e. The summed E-state index contributed by atoms with van der Waals surface area (Å²) in [6.07, 6.45) is 0. The number of hydrogen-bond acceptors (Lipinski definition) is 7. The van der Waals surface area contributed by atoms with Gasteiger partial charge in [0.15, 0.2) is 0 Å². The third-order valence-electron chi connectivity index (χ3n) is 4.01. The summed E-state index contributed by atoms with van der Waals surface area (Å²) in [6.45, 7) is 9.65. The number of hydrogen-bond donors (Lipinski definition) is 0. The van der Waals surface area contributed by atoms with Crippen LogP contribution in [0, 0.1) is 0 Å². The molecule has 1 aliphatic rings. The van der Waals surface area contributed by atoms with E-state index in [1.54, 1.807) is 4.90 Å². The Balaban J connectivity index is 1.90. The second kappa shape index (κ2) is 8.08. The van der Waals surface area contributed by atoms with Crippen LogP contribution < -0.4 is 10.5 Å². The lowest BCUT2D eigenvalue weighted by atomic mass is 9.93. The summed E-state index contributed by atoms with van der Waals surface area (Å²) in [4.78, 5) is 27.5. The van der Waals surface area contributed by atoms with Crippen molar-refractivity contribution in [3.63, 3.8) is 0 Å². The second-order valence-electron chi connectivity index (χ2n) is 7.65. The van der Waals surface area contributed by atoms with E-state index in [2.05, 4.69) is 15.3 Å². The van der Waals surface area contributed by atoms with Crippen LogP contribution in [0.15, 0.2) is 45.4 Å². The first-order valence-electron chi connectivity index (χ1n) is 8.95. The molecule has 0 bridgehead atoms. The molecule has 0 unspecified atom stereocenters. The molecule has 1 aromatic heterocycles. The van der Waals surface area contributed by atoms with E-state index in [-0.39, 0.29) is 16.8 Å². The molecule has 2 aromatic rings. The van der Waals surface area contributed by atoms with Gasteiger partial charge in [0.05, 0.1) is 5.75 Å². The van der Waals surface area contributed by atoms with Crippen molar-refractivity contribution < 1.29 is 4.79 Å². The summed E-state index contributed by atoms with van der Waals surface area (Å²) < 4.78 is 1.26. The van der Waals surface area contributed by atoms with Crippen LogP contribution >= 0.6 is 23.5 Å². The average molecular weight is 418 g/mol. The SMILES string of the molecule is CC(C)N(C(=O)SC1=Nn2c(nnc(C(C)(C)C)c2=O)SC1)c1ccccc1. The predicted octanol–water partition coefficient (Wildman–Crippen LogP) is 3.97. The largest absolute Gasteiger partial charge is 0.300 e. The summed E-state index contributed by atoms with van der Waals surface area (Å²) in [7, 11) is 0. The number of carbonyl (C=O) groups excluding carboxylic acids is 1. The Kier molecular flexibility index (Phi) is 5.95. The Hall–Kier alpha value is -2.13. The molecule has 0 saturated carbocycles. The van der Waals surface area contributed by atoms with E-state index in [4.69, 9.17) is 0 Å². The van der Waals surface area contributed by atoms with Crippen LogP contribution in [0.5, 0.6) is 0 Å². The fraction of sp³-hybridized carbons (Fsp3) is 0.421. The van der Waals surface area contributed by atoms with Crippen LogP contribution in [-0.2, 0) is 5.41 Å². The van der Waals surface area contributed by atoms with Crippen LogP contribution in [0.1, 0.15) is 40.3 Å². The number of benzene rings is 1. The number of carbonyl (C=O) groups is 1. The molecule has 0 saturated heterocycles. The fourth-order valence-electron chi connectivity index (χ4n) is 2.68. The molecular weight excluding hydrogens is 394 g/mol. The number of fused-ring (bicyclic) bond motifs is 1. The van der Waals surface area contributed by atoms with Crippen LogP contribution in [0.25, 0.3) is 0 Å². The third kappa shape index (κ3) is 4.30. The van der Waals surface area contributed by atoms with E-state index in [1.165, 1.54) is 16.4 Å². The van der Waals surface area contributed by atoms with E-state index in [0.29, 0.717) is 21.6 Å². The van der Waals surface area contributed by atoms with Gasteiger partial charge in [-0.05, 0) is 37.7 Å². The highest BCUT2D eigenvalue weighted by Gasteiger charge is 2.27. The van der Waals surface area contributed by atoms with Crippen molar-refractivity contribution >= 4 is 39.5 Å². The van der Waals surface area contributed by atoms with E-state index in [0.717, 1.165) is 17.4 Å². The lowest BCUT2D eigenvalue weighted by molar-refractivity contribution is 0.264. The molecule has 28 heavy (non-hydrogen) atoms. The molecule has 0 atom stereocenters. The van der Waals surface area contributed by atoms with Gasteiger partial charge in [0.1, 0.15) is 10.7 Å². The first kappa shape index (κ1) is 20.6. The molecule has 0 aliphatic carbocycles. The summed E-state index contributed by atoms with van der Waals surface area (Å²) in [5.41, 5.74) is 0.456. The van der Waals surface area contributed by atoms with Gasteiger partial charge in [0.2, 0.25) is 5.16 Å². The molecule has 7 nitrogen and oxygen atoms in total. The van der Waals surface area contributed by atoms with Gasteiger partial charge in [-0.2, -0.15) is 9.78 Å². The molecule has 2 heterocycles. The van der Waals surface area contributed by atoms with Crippen molar-refractivity contribution in [2.24, 2.45) is 5.10 Å². The summed E-state index contributed by atoms with van der Waals surface area (Å²) >= 11 is 2.40. The summed E-state index contributed by atoms with van der Waals surface area (Å²) in [6, 6.07) is 9.52. The fourth-order valence-corrected chi connectivity index (χ4v) is 4.49. The first-order valence-corrected chi connectivity index (χ1v) is 10.8. The number of para-hydroxylation sites is 1. The lowest BCUT2D eigenvalue weighted by Gasteiger charge is -2.27. The number of thioether (sulfide) groups is 2. The zero-order valence-electron chi connectivity index (χ0n) is 16.5.